The maximum atomic E-state index is 11.8. The van der Waals surface area contributed by atoms with Crippen LogP contribution in [-0.2, 0) is 6.42 Å². The van der Waals surface area contributed by atoms with Gasteiger partial charge >= 0.3 is 5.97 Å². The first-order valence-electron chi connectivity index (χ1n) is 5.08. The molecule has 1 aromatic carbocycles. The SMILES string of the molecule is O=C1Oc2ccccc2Cc2cccnc21. The zero-order valence-electron chi connectivity index (χ0n) is 8.51. The van der Waals surface area contributed by atoms with Crippen LogP contribution in [0.15, 0.2) is 42.6 Å². The molecule has 0 saturated carbocycles. The van der Waals surface area contributed by atoms with Crippen molar-refractivity contribution in [2.75, 3.05) is 0 Å². The molecule has 3 rings (SSSR count). The molecular formula is C13H9NO2. The van der Waals surface area contributed by atoms with Crippen molar-refractivity contribution in [3.8, 4) is 5.75 Å². The minimum Gasteiger partial charge on any atom is -0.421 e. The van der Waals surface area contributed by atoms with E-state index in [0.29, 0.717) is 17.9 Å². The molecule has 3 nitrogen and oxygen atoms in total. The molecule has 0 spiro atoms. The number of carbonyl (C=O) groups is 1. The van der Waals surface area contributed by atoms with E-state index < -0.39 is 0 Å². The second kappa shape index (κ2) is 3.45. The minimum absolute atomic E-state index is 0.374. The van der Waals surface area contributed by atoms with Gasteiger partial charge in [-0.1, -0.05) is 24.3 Å². The predicted octanol–water partition coefficient (Wildman–Crippen LogP) is 2.21. The number of ether oxygens (including phenoxy) is 1. The Bertz CT molecular complexity index is 563. The third-order valence-corrected chi connectivity index (χ3v) is 2.64. The number of para-hydroxylation sites is 1. The number of fused-ring (bicyclic) bond motifs is 2. The van der Waals surface area contributed by atoms with Crippen molar-refractivity contribution in [2.24, 2.45) is 0 Å². The Hall–Kier alpha value is -2.16. The minimum atomic E-state index is -0.374. The van der Waals surface area contributed by atoms with Gasteiger partial charge in [-0.25, -0.2) is 9.78 Å². The van der Waals surface area contributed by atoms with Crippen molar-refractivity contribution >= 4 is 5.97 Å². The van der Waals surface area contributed by atoms with Gasteiger partial charge in [-0.2, -0.15) is 0 Å². The molecule has 0 saturated heterocycles. The predicted molar refractivity (Wildman–Crippen MR) is 58.4 cm³/mol. The molecule has 1 aromatic heterocycles. The van der Waals surface area contributed by atoms with Crippen molar-refractivity contribution in [2.45, 2.75) is 6.42 Å². The first-order valence-corrected chi connectivity index (χ1v) is 5.08. The highest BCUT2D eigenvalue weighted by Gasteiger charge is 2.21. The Morgan fingerprint density at radius 3 is 2.81 bits per heavy atom. The number of esters is 1. The standard InChI is InChI=1S/C13H9NO2/c15-13-12-10(5-3-7-14-12)8-9-4-1-2-6-11(9)16-13/h1-7H,8H2. The summed E-state index contributed by atoms with van der Waals surface area (Å²) in [5, 5.41) is 0. The van der Waals surface area contributed by atoms with Crippen molar-refractivity contribution in [1.29, 1.82) is 0 Å². The van der Waals surface area contributed by atoms with Crippen LogP contribution in [0.5, 0.6) is 5.75 Å². The average Bonchev–Trinajstić information content (AvgIpc) is 2.45. The highest BCUT2D eigenvalue weighted by atomic mass is 16.5. The second-order valence-corrected chi connectivity index (χ2v) is 3.69. The van der Waals surface area contributed by atoms with Gasteiger partial charge in [-0.3, -0.25) is 0 Å². The van der Waals surface area contributed by atoms with E-state index in [0.717, 1.165) is 11.1 Å². The number of pyridine rings is 1. The number of rotatable bonds is 0. The van der Waals surface area contributed by atoms with Gasteiger partial charge in [0.1, 0.15) is 5.75 Å². The number of hydrogen-bond donors (Lipinski definition) is 0. The maximum absolute atomic E-state index is 11.8. The topological polar surface area (TPSA) is 39.2 Å². The molecule has 16 heavy (non-hydrogen) atoms. The summed E-state index contributed by atoms with van der Waals surface area (Å²) < 4.78 is 5.28. The summed E-state index contributed by atoms with van der Waals surface area (Å²) in [7, 11) is 0. The molecule has 0 fully saturated rings. The lowest BCUT2D eigenvalue weighted by Crippen LogP contribution is -2.10. The summed E-state index contributed by atoms with van der Waals surface area (Å²) in [4.78, 5) is 15.9. The zero-order chi connectivity index (χ0) is 11.0. The van der Waals surface area contributed by atoms with Crippen molar-refractivity contribution in [3.05, 3.63) is 59.4 Å². The summed E-state index contributed by atoms with van der Waals surface area (Å²) in [5.41, 5.74) is 2.35. The molecule has 0 unspecified atom stereocenters. The highest BCUT2D eigenvalue weighted by Crippen LogP contribution is 2.26. The number of carbonyl (C=O) groups excluding carboxylic acids is 1. The van der Waals surface area contributed by atoms with E-state index in [4.69, 9.17) is 4.74 Å². The normalized spacial score (nSPS) is 13.4. The van der Waals surface area contributed by atoms with Gasteiger partial charge in [0.05, 0.1) is 0 Å². The lowest BCUT2D eigenvalue weighted by molar-refractivity contribution is 0.0729. The van der Waals surface area contributed by atoms with Gasteiger partial charge in [0.15, 0.2) is 5.69 Å². The van der Waals surface area contributed by atoms with Gasteiger partial charge in [-0.05, 0) is 23.3 Å². The summed E-state index contributed by atoms with van der Waals surface area (Å²) in [6, 6.07) is 11.3. The molecule has 3 heteroatoms. The van der Waals surface area contributed by atoms with E-state index in [1.165, 1.54) is 0 Å². The van der Waals surface area contributed by atoms with Crippen LogP contribution < -0.4 is 4.74 Å². The summed E-state index contributed by atoms with van der Waals surface area (Å²) in [5.74, 6) is 0.256. The number of nitrogens with zero attached hydrogens (tertiary/aromatic N) is 1. The van der Waals surface area contributed by atoms with Crippen LogP contribution in [0.2, 0.25) is 0 Å². The molecule has 2 aromatic rings. The van der Waals surface area contributed by atoms with E-state index in [-0.39, 0.29) is 5.97 Å². The Labute approximate surface area is 92.7 Å². The molecule has 0 N–H and O–H groups in total. The zero-order valence-corrected chi connectivity index (χ0v) is 8.51. The maximum Gasteiger partial charge on any atom is 0.362 e. The van der Waals surface area contributed by atoms with E-state index >= 15 is 0 Å². The van der Waals surface area contributed by atoms with E-state index in [1.54, 1.807) is 12.3 Å². The fraction of sp³-hybridized carbons (Fsp3) is 0.0769. The monoisotopic (exact) mass is 211 g/mol. The third-order valence-electron chi connectivity index (χ3n) is 2.64. The lowest BCUT2D eigenvalue weighted by Gasteiger charge is -2.03. The van der Waals surface area contributed by atoms with Crippen molar-refractivity contribution < 1.29 is 9.53 Å². The molecule has 78 valence electrons. The molecule has 0 atom stereocenters. The van der Waals surface area contributed by atoms with Gasteiger partial charge in [0.25, 0.3) is 0 Å². The summed E-state index contributed by atoms with van der Waals surface area (Å²) in [6.07, 6.45) is 2.29. The Morgan fingerprint density at radius 1 is 1.06 bits per heavy atom. The molecule has 2 heterocycles. The smallest absolute Gasteiger partial charge is 0.362 e. The second-order valence-electron chi connectivity index (χ2n) is 3.69. The quantitative estimate of drug-likeness (QED) is 0.495. The van der Waals surface area contributed by atoms with Crippen LogP contribution in [-0.4, -0.2) is 11.0 Å². The van der Waals surface area contributed by atoms with Gasteiger partial charge in [0, 0.05) is 12.6 Å². The highest BCUT2D eigenvalue weighted by molar-refractivity contribution is 5.91. The summed E-state index contributed by atoms with van der Waals surface area (Å²) >= 11 is 0. The fourth-order valence-electron chi connectivity index (χ4n) is 1.87. The van der Waals surface area contributed by atoms with Crippen LogP contribution in [0.25, 0.3) is 0 Å². The first kappa shape index (κ1) is 9.09. The lowest BCUT2D eigenvalue weighted by atomic mass is 10.0. The van der Waals surface area contributed by atoms with Gasteiger partial charge in [-0.15, -0.1) is 0 Å². The number of hydrogen-bond acceptors (Lipinski definition) is 3. The third kappa shape index (κ3) is 1.37. The van der Waals surface area contributed by atoms with Gasteiger partial charge in [0.2, 0.25) is 0 Å². The Kier molecular flexibility index (Phi) is 1.96. The van der Waals surface area contributed by atoms with Crippen molar-refractivity contribution in [1.82, 2.24) is 4.98 Å². The van der Waals surface area contributed by atoms with E-state index in [1.807, 2.05) is 30.3 Å². The Morgan fingerprint density at radius 2 is 1.88 bits per heavy atom. The van der Waals surface area contributed by atoms with Crippen LogP contribution in [0.1, 0.15) is 21.6 Å². The van der Waals surface area contributed by atoms with Crippen LogP contribution in [0, 0.1) is 0 Å². The number of aromatic nitrogens is 1. The summed E-state index contributed by atoms with van der Waals surface area (Å²) in [6.45, 7) is 0. The fourth-order valence-corrected chi connectivity index (χ4v) is 1.87. The molecular weight excluding hydrogens is 202 g/mol. The van der Waals surface area contributed by atoms with Crippen molar-refractivity contribution in [3.63, 3.8) is 0 Å². The first-order chi connectivity index (χ1) is 7.84. The number of benzene rings is 1. The van der Waals surface area contributed by atoms with Crippen LogP contribution >= 0.6 is 0 Å². The van der Waals surface area contributed by atoms with Crippen LogP contribution in [0.3, 0.4) is 0 Å². The molecule has 0 amide bonds. The molecule has 0 bridgehead atoms. The molecule has 0 aliphatic carbocycles. The largest absolute Gasteiger partial charge is 0.421 e. The molecule has 0 radical (unpaired) electrons. The molecule has 1 aliphatic heterocycles. The molecule has 1 aliphatic rings. The van der Waals surface area contributed by atoms with Crippen LogP contribution in [0.4, 0.5) is 0 Å². The van der Waals surface area contributed by atoms with E-state index in [9.17, 15) is 4.79 Å². The Balaban J connectivity index is 2.18. The van der Waals surface area contributed by atoms with E-state index in [2.05, 4.69) is 4.98 Å². The van der Waals surface area contributed by atoms with Gasteiger partial charge < -0.3 is 4.74 Å². The average molecular weight is 211 g/mol.